The highest BCUT2D eigenvalue weighted by Crippen LogP contribution is 2.25. The van der Waals surface area contributed by atoms with E-state index in [-0.39, 0.29) is 36.6 Å². The fourth-order valence-electron chi connectivity index (χ4n) is 3.52. The van der Waals surface area contributed by atoms with Crippen molar-refractivity contribution >= 4 is 23.4 Å². The van der Waals surface area contributed by atoms with Crippen molar-refractivity contribution in [2.24, 2.45) is 0 Å². The molecule has 2 aliphatic rings. The maximum Gasteiger partial charge on any atom is 0.254 e. The van der Waals surface area contributed by atoms with Crippen LogP contribution in [0.1, 0.15) is 34.8 Å². The standard InChI is InChI=1S/C20H21N5O3/c26-18-7-8-19(27)25(23-18)16-5-3-14(4-6-16)20(28)24-11-10-22-13-17(24)15-2-1-9-21-12-15/h1-6,9,12,17,22H,7-8,10-11,13H2,(H,23,26). The van der Waals surface area contributed by atoms with Gasteiger partial charge in [-0.1, -0.05) is 6.07 Å². The second-order valence-corrected chi connectivity index (χ2v) is 6.82. The number of hydrogen-bond donors (Lipinski definition) is 2. The van der Waals surface area contributed by atoms with Crippen LogP contribution >= 0.6 is 0 Å². The molecule has 144 valence electrons. The summed E-state index contributed by atoms with van der Waals surface area (Å²) in [6.07, 6.45) is 3.88. The topological polar surface area (TPSA) is 94.6 Å². The largest absolute Gasteiger partial charge is 0.329 e. The Hall–Kier alpha value is -3.26. The molecule has 3 amide bonds. The van der Waals surface area contributed by atoms with E-state index in [0.29, 0.717) is 24.3 Å². The number of piperazine rings is 1. The summed E-state index contributed by atoms with van der Waals surface area (Å²) in [6.45, 7) is 2.00. The van der Waals surface area contributed by atoms with Crippen LogP contribution in [0, 0.1) is 0 Å². The second kappa shape index (κ2) is 7.77. The average molecular weight is 379 g/mol. The fraction of sp³-hybridized carbons (Fsp3) is 0.300. The van der Waals surface area contributed by atoms with Crippen molar-refractivity contribution in [3.63, 3.8) is 0 Å². The van der Waals surface area contributed by atoms with Gasteiger partial charge in [0.25, 0.3) is 5.91 Å². The van der Waals surface area contributed by atoms with E-state index in [1.54, 1.807) is 36.7 Å². The molecule has 2 aromatic rings. The molecular weight excluding hydrogens is 358 g/mol. The fourth-order valence-corrected chi connectivity index (χ4v) is 3.52. The number of carbonyl (C=O) groups is 3. The first-order chi connectivity index (χ1) is 13.6. The van der Waals surface area contributed by atoms with Gasteiger partial charge in [-0.3, -0.25) is 24.8 Å². The molecule has 28 heavy (non-hydrogen) atoms. The van der Waals surface area contributed by atoms with E-state index in [0.717, 1.165) is 12.1 Å². The highest BCUT2D eigenvalue weighted by atomic mass is 16.2. The smallest absolute Gasteiger partial charge is 0.254 e. The first kappa shape index (κ1) is 18.1. The molecule has 0 bridgehead atoms. The molecule has 8 heteroatoms. The summed E-state index contributed by atoms with van der Waals surface area (Å²) in [5.41, 5.74) is 4.62. The Balaban J connectivity index is 1.54. The molecular formula is C20H21N5O3. The van der Waals surface area contributed by atoms with Crippen LogP contribution in [0.25, 0.3) is 0 Å². The minimum atomic E-state index is -0.195. The normalized spacial score (nSPS) is 20.1. The maximum atomic E-state index is 13.1. The van der Waals surface area contributed by atoms with E-state index in [4.69, 9.17) is 0 Å². The first-order valence-electron chi connectivity index (χ1n) is 9.27. The van der Waals surface area contributed by atoms with E-state index < -0.39 is 0 Å². The molecule has 0 aliphatic carbocycles. The zero-order chi connectivity index (χ0) is 19.5. The third-order valence-corrected chi connectivity index (χ3v) is 5.00. The quantitative estimate of drug-likeness (QED) is 0.831. The van der Waals surface area contributed by atoms with Gasteiger partial charge >= 0.3 is 0 Å². The van der Waals surface area contributed by atoms with Crippen molar-refractivity contribution in [1.29, 1.82) is 0 Å². The zero-order valence-corrected chi connectivity index (χ0v) is 15.3. The van der Waals surface area contributed by atoms with Crippen LogP contribution in [0.2, 0.25) is 0 Å². The van der Waals surface area contributed by atoms with Gasteiger partial charge in [-0.2, -0.15) is 0 Å². The van der Waals surface area contributed by atoms with Gasteiger partial charge in [-0.15, -0.1) is 0 Å². The number of hydrazine groups is 1. The molecule has 0 spiro atoms. The Morgan fingerprint density at radius 1 is 1.11 bits per heavy atom. The van der Waals surface area contributed by atoms with Crippen molar-refractivity contribution in [1.82, 2.24) is 20.6 Å². The van der Waals surface area contributed by atoms with Gasteiger partial charge in [0.05, 0.1) is 11.7 Å². The molecule has 1 aromatic carbocycles. The van der Waals surface area contributed by atoms with Crippen LogP contribution in [0.15, 0.2) is 48.8 Å². The summed E-state index contributed by atoms with van der Waals surface area (Å²) in [4.78, 5) is 42.7. The lowest BCUT2D eigenvalue weighted by atomic mass is 10.0. The predicted molar refractivity (Wildman–Crippen MR) is 102 cm³/mol. The number of pyridine rings is 1. The van der Waals surface area contributed by atoms with E-state index in [2.05, 4.69) is 15.7 Å². The molecule has 4 rings (SSSR count). The van der Waals surface area contributed by atoms with Crippen molar-refractivity contribution in [2.75, 3.05) is 24.6 Å². The van der Waals surface area contributed by atoms with E-state index in [1.165, 1.54) is 5.01 Å². The van der Waals surface area contributed by atoms with Gasteiger partial charge in [0, 0.05) is 50.4 Å². The lowest BCUT2D eigenvalue weighted by Gasteiger charge is -2.36. The third-order valence-electron chi connectivity index (χ3n) is 5.00. The number of nitrogens with zero attached hydrogens (tertiary/aromatic N) is 3. The van der Waals surface area contributed by atoms with Crippen molar-refractivity contribution in [3.05, 3.63) is 59.9 Å². The van der Waals surface area contributed by atoms with Gasteiger partial charge in [0.2, 0.25) is 11.8 Å². The number of aromatic nitrogens is 1. The molecule has 2 saturated heterocycles. The molecule has 8 nitrogen and oxygen atoms in total. The molecule has 0 saturated carbocycles. The van der Waals surface area contributed by atoms with Crippen molar-refractivity contribution in [3.8, 4) is 0 Å². The lowest BCUT2D eigenvalue weighted by Crippen LogP contribution is -2.50. The summed E-state index contributed by atoms with van der Waals surface area (Å²) in [5, 5.41) is 4.56. The molecule has 2 fully saturated rings. The molecule has 1 aromatic heterocycles. The Labute approximate surface area is 162 Å². The minimum Gasteiger partial charge on any atom is -0.329 e. The summed E-state index contributed by atoms with van der Waals surface area (Å²) in [5.74, 6) is -0.437. The number of benzene rings is 1. The Kier molecular flexibility index (Phi) is 5.03. The van der Waals surface area contributed by atoms with E-state index >= 15 is 0 Å². The number of amides is 3. The molecule has 1 atom stereocenters. The summed E-state index contributed by atoms with van der Waals surface area (Å²) in [6, 6.07) is 10.5. The summed E-state index contributed by atoms with van der Waals surface area (Å²) >= 11 is 0. The average Bonchev–Trinajstić information content (AvgIpc) is 2.76. The third kappa shape index (κ3) is 3.59. The van der Waals surface area contributed by atoms with Crippen LogP contribution in [0.4, 0.5) is 5.69 Å². The molecule has 2 N–H and O–H groups in total. The monoisotopic (exact) mass is 379 g/mol. The molecule has 3 heterocycles. The first-order valence-corrected chi connectivity index (χ1v) is 9.27. The number of carbonyl (C=O) groups excluding carboxylic acids is 3. The van der Waals surface area contributed by atoms with Gasteiger partial charge in [0.1, 0.15) is 0 Å². The Morgan fingerprint density at radius 3 is 2.68 bits per heavy atom. The molecule has 1 unspecified atom stereocenters. The van der Waals surface area contributed by atoms with Crippen molar-refractivity contribution < 1.29 is 14.4 Å². The zero-order valence-electron chi connectivity index (χ0n) is 15.3. The second-order valence-electron chi connectivity index (χ2n) is 6.82. The Bertz CT molecular complexity index is 884. The number of rotatable bonds is 3. The number of nitrogens with one attached hydrogen (secondary N) is 2. The van der Waals surface area contributed by atoms with E-state index in [9.17, 15) is 14.4 Å². The van der Waals surface area contributed by atoms with Crippen LogP contribution in [0.3, 0.4) is 0 Å². The summed E-state index contributed by atoms with van der Waals surface area (Å²) in [7, 11) is 0. The maximum absolute atomic E-state index is 13.1. The highest BCUT2D eigenvalue weighted by molar-refractivity contribution is 6.01. The van der Waals surface area contributed by atoms with E-state index in [1.807, 2.05) is 17.0 Å². The van der Waals surface area contributed by atoms with Crippen LogP contribution in [-0.2, 0) is 9.59 Å². The Morgan fingerprint density at radius 2 is 1.93 bits per heavy atom. The van der Waals surface area contributed by atoms with Gasteiger partial charge < -0.3 is 10.2 Å². The molecule has 2 aliphatic heterocycles. The van der Waals surface area contributed by atoms with Crippen LogP contribution < -0.4 is 15.8 Å². The number of hydrogen-bond acceptors (Lipinski definition) is 5. The van der Waals surface area contributed by atoms with Crippen LogP contribution in [-0.4, -0.2) is 47.2 Å². The minimum absolute atomic E-state index is 0.0732. The summed E-state index contributed by atoms with van der Waals surface area (Å²) < 4.78 is 0. The van der Waals surface area contributed by atoms with Gasteiger partial charge in [0.15, 0.2) is 0 Å². The van der Waals surface area contributed by atoms with Gasteiger partial charge in [-0.05, 0) is 35.9 Å². The van der Waals surface area contributed by atoms with Gasteiger partial charge in [-0.25, -0.2) is 5.01 Å². The van der Waals surface area contributed by atoms with Crippen molar-refractivity contribution in [2.45, 2.75) is 18.9 Å². The SMILES string of the molecule is O=C1CCC(=O)N(c2ccc(C(=O)N3CCNCC3c3cccnc3)cc2)N1. The van der Waals surface area contributed by atoms with Crippen LogP contribution in [0.5, 0.6) is 0 Å². The number of anilines is 1. The highest BCUT2D eigenvalue weighted by Gasteiger charge is 2.29. The predicted octanol–water partition coefficient (Wildman–Crippen LogP) is 1.03. The lowest BCUT2D eigenvalue weighted by molar-refractivity contribution is -0.130. The molecule has 0 radical (unpaired) electrons.